The normalized spacial score (nSPS) is 40.1. The number of aliphatic hydroxyl groups is 5. The Bertz CT molecular complexity index is 179. The van der Waals surface area contributed by atoms with Crippen molar-refractivity contribution in [1.29, 1.82) is 0 Å². The fourth-order valence-corrected chi connectivity index (χ4v) is 1.76. The summed E-state index contributed by atoms with van der Waals surface area (Å²) in [7, 11) is 0. The minimum absolute atomic E-state index is 0.119. The quantitative estimate of drug-likeness (QED) is 0.333. The summed E-state index contributed by atoms with van der Waals surface area (Å²) >= 11 is 0. The Hall–Kier alpha value is -0.240. The van der Waals surface area contributed by atoms with Crippen molar-refractivity contribution in [2.45, 2.75) is 24.4 Å². The molecule has 6 heteroatoms. The minimum atomic E-state index is -1.23. The summed E-state index contributed by atoms with van der Waals surface area (Å²) < 4.78 is 0. The summed E-state index contributed by atoms with van der Waals surface area (Å²) in [6.07, 6.45) is -3.46. The number of hydrogen-bond donors (Lipinski definition) is 5. The summed E-state index contributed by atoms with van der Waals surface area (Å²) in [6.45, 7) is -0.0347. The number of β-amino-alcohol motifs (C(OH)–C–C–N with tert-alkyl or cyclic N) is 2. The Balaban J connectivity index is 2.66. The van der Waals surface area contributed by atoms with Gasteiger partial charge in [0.2, 0.25) is 0 Å². The van der Waals surface area contributed by atoms with Gasteiger partial charge in [0, 0.05) is 13.1 Å². The third-order valence-electron chi connectivity index (χ3n) is 2.60. The molecule has 5 N–H and O–H groups in total. The maximum Gasteiger partial charge on any atom is 0.109 e. The van der Waals surface area contributed by atoms with Crippen LogP contribution in [-0.2, 0) is 0 Å². The van der Waals surface area contributed by atoms with E-state index >= 15 is 0 Å². The number of likely N-dealkylation sites (tertiary alicyclic amines) is 1. The topological polar surface area (TPSA) is 104 Å². The van der Waals surface area contributed by atoms with E-state index in [1.54, 1.807) is 4.90 Å². The predicted molar refractivity (Wildman–Crippen MR) is 47.6 cm³/mol. The maximum absolute atomic E-state index is 9.51. The lowest BCUT2D eigenvalue weighted by Gasteiger charge is -2.42. The second-order valence-corrected chi connectivity index (χ2v) is 3.52. The molecule has 0 aliphatic carbocycles. The molecule has 84 valence electrons. The van der Waals surface area contributed by atoms with E-state index in [1.807, 2.05) is 0 Å². The smallest absolute Gasteiger partial charge is 0.109 e. The summed E-state index contributed by atoms with van der Waals surface area (Å²) in [6, 6.07) is -0.624. The lowest BCUT2D eigenvalue weighted by Crippen LogP contribution is -2.62. The third kappa shape index (κ3) is 2.22. The number of nitrogens with zero attached hydrogens (tertiary/aromatic N) is 1. The Morgan fingerprint density at radius 1 is 1.07 bits per heavy atom. The van der Waals surface area contributed by atoms with Crippen LogP contribution in [-0.4, -0.2) is 81.1 Å². The zero-order valence-electron chi connectivity index (χ0n) is 7.82. The van der Waals surface area contributed by atoms with Gasteiger partial charge < -0.3 is 25.5 Å². The highest BCUT2D eigenvalue weighted by Gasteiger charge is 2.40. The first-order valence-electron chi connectivity index (χ1n) is 4.61. The van der Waals surface area contributed by atoms with Gasteiger partial charge in [-0.05, 0) is 0 Å². The second-order valence-electron chi connectivity index (χ2n) is 3.52. The van der Waals surface area contributed by atoms with E-state index in [9.17, 15) is 15.3 Å². The lowest BCUT2D eigenvalue weighted by atomic mass is 9.94. The van der Waals surface area contributed by atoms with Gasteiger partial charge in [-0.15, -0.1) is 0 Å². The van der Waals surface area contributed by atoms with Crippen molar-refractivity contribution in [1.82, 2.24) is 4.90 Å². The van der Waals surface area contributed by atoms with Crippen LogP contribution in [0.5, 0.6) is 0 Å². The first-order valence-corrected chi connectivity index (χ1v) is 4.61. The van der Waals surface area contributed by atoms with Gasteiger partial charge in [-0.25, -0.2) is 0 Å². The van der Waals surface area contributed by atoms with E-state index in [4.69, 9.17) is 10.2 Å². The first-order chi connectivity index (χ1) is 6.61. The highest BCUT2D eigenvalue weighted by molar-refractivity contribution is 4.93. The molecule has 1 aliphatic rings. The molecule has 1 aliphatic heterocycles. The van der Waals surface area contributed by atoms with Gasteiger partial charge in [-0.1, -0.05) is 0 Å². The largest absolute Gasteiger partial charge is 0.395 e. The molecule has 0 bridgehead atoms. The SMILES string of the molecule is OCCN1C[C@H](O)[C@H](O)[C@H](O)[C@H]1CO. The van der Waals surface area contributed by atoms with Crippen LogP contribution in [0.4, 0.5) is 0 Å². The van der Waals surface area contributed by atoms with Gasteiger partial charge in [-0.2, -0.15) is 0 Å². The molecule has 0 aromatic rings. The molecule has 0 radical (unpaired) electrons. The first kappa shape index (κ1) is 11.8. The Morgan fingerprint density at radius 2 is 1.71 bits per heavy atom. The van der Waals surface area contributed by atoms with E-state index in [1.165, 1.54) is 0 Å². The van der Waals surface area contributed by atoms with Gasteiger partial charge in [0.25, 0.3) is 0 Å². The Kier molecular flexibility index (Phi) is 4.24. The van der Waals surface area contributed by atoms with E-state index < -0.39 is 24.4 Å². The molecule has 0 unspecified atom stereocenters. The summed E-state index contributed by atoms with van der Waals surface area (Å²) in [4.78, 5) is 1.56. The lowest BCUT2D eigenvalue weighted by molar-refractivity contribution is -0.146. The fraction of sp³-hybridized carbons (Fsp3) is 1.00. The summed E-state index contributed by atoms with van der Waals surface area (Å²) in [5.41, 5.74) is 0. The minimum Gasteiger partial charge on any atom is -0.395 e. The third-order valence-corrected chi connectivity index (χ3v) is 2.60. The molecule has 1 heterocycles. The molecule has 14 heavy (non-hydrogen) atoms. The van der Waals surface area contributed by atoms with Crippen LogP contribution < -0.4 is 0 Å². The van der Waals surface area contributed by atoms with Gasteiger partial charge >= 0.3 is 0 Å². The van der Waals surface area contributed by atoms with Crippen molar-refractivity contribution >= 4 is 0 Å². The molecule has 4 atom stereocenters. The van der Waals surface area contributed by atoms with Crippen LogP contribution in [0.15, 0.2) is 0 Å². The van der Waals surface area contributed by atoms with Crippen LogP contribution in [0.1, 0.15) is 0 Å². The molecular weight excluding hydrogens is 190 g/mol. The second kappa shape index (κ2) is 5.01. The average Bonchev–Trinajstić information content (AvgIpc) is 2.16. The van der Waals surface area contributed by atoms with Crippen LogP contribution in [0.3, 0.4) is 0 Å². The highest BCUT2D eigenvalue weighted by atomic mass is 16.4. The van der Waals surface area contributed by atoms with Crippen LogP contribution >= 0.6 is 0 Å². The predicted octanol–water partition coefficient (Wildman–Crippen LogP) is -3.26. The molecule has 0 aromatic carbocycles. The van der Waals surface area contributed by atoms with E-state index in [2.05, 4.69) is 0 Å². The van der Waals surface area contributed by atoms with Gasteiger partial charge in [0.15, 0.2) is 0 Å². The van der Waals surface area contributed by atoms with Crippen molar-refractivity contribution in [3.05, 3.63) is 0 Å². The fourth-order valence-electron chi connectivity index (χ4n) is 1.76. The van der Waals surface area contributed by atoms with Gasteiger partial charge in [0.05, 0.1) is 25.4 Å². The molecular formula is C8H17NO5. The summed E-state index contributed by atoms with van der Waals surface area (Å²) in [5.74, 6) is 0. The molecule has 0 aromatic heterocycles. The Labute approximate surface area is 82.0 Å². The van der Waals surface area contributed by atoms with E-state index in [0.717, 1.165) is 0 Å². The van der Waals surface area contributed by atoms with E-state index in [-0.39, 0.29) is 26.3 Å². The maximum atomic E-state index is 9.51. The van der Waals surface area contributed by atoms with Crippen molar-refractivity contribution in [2.75, 3.05) is 26.3 Å². The zero-order valence-corrected chi connectivity index (χ0v) is 7.82. The standard InChI is InChI=1S/C8H17NO5/c10-2-1-9-3-6(12)8(14)7(13)5(9)4-11/h5-8,10-14H,1-4H2/t5-,6+,7-,8+/m1/s1. The number of rotatable bonds is 3. The van der Waals surface area contributed by atoms with Crippen molar-refractivity contribution < 1.29 is 25.5 Å². The molecule has 0 saturated carbocycles. The summed E-state index contributed by atoms with van der Waals surface area (Å²) in [5, 5.41) is 45.9. The number of piperidine rings is 1. The Morgan fingerprint density at radius 3 is 2.21 bits per heavy atom. The van der Waals surface area contributed by atoms with Crippen molar-refractivity contribution in [2.24, 2.45) is 0 Å². The van der Waals surface area contributed by atoms with Crippen LogP contribution in [0.2, 0.25) is 0 Å². The highest BCUT2D eigenvalue weighted by Crippen LogP contribution is 2.18. The molecule has 0 amide bonds. The molecule has 6 nitrogen and oxygen atoms in total. The molecule has 1 fully saturated rings. The van der Waals surface area contributed by atoms with Crippen LogP contribution in [0, 0.1) is 0 Å². The van der Waals surface area contributed by atoms with Crippen LogP contribution in [0.25, 0.3) is 0 Å². The van der Waals surface area contributed by atoms with Crippen molar-refractivity contribution in [3.63, 3.8) is 0 Å². The van der Waals surface area contributed by atoms with Crippen molar-refractivity contribution in [3.8, 4) is 0 Å². The molecule has 0 spiro atoms. The van der Waals surface area contributed by atoms with Gasteiger partial charge in [0.1, 0.15) is 12.2 Å². The van der Waals surface area contributed by atoms with E-state index in [0.29, 0.717) is 0 Å². The average molecular weight is 207 g/mol. The number of hydrogen-bond acceptors (Lipinski definition) is 6. The molecule has 1 rings (SSSR count). The number of aliphatic hydroxyl groups excluding tert-OH is 5. The van der Waals surface area contributed by atoms with Gasteiger partial charge in [-0.3, -0.25) is 4.90 Å². The zero-order chi connectivity index (χ0) is 10.7. The monoisotopic (exact) mass is 207 g/mol. The molecule has 1 saturated heterocycles.